The van der Waals surface area contributed by atoms with Gasteiger partial charge in [-0.15, -0.1) is 0 Å². The van der Waals surface area contributed by atoms with E-state index in [9.17, 15) is 9.69 Å². The topological polar surface area (TPSA) is 58.6 Å². The summed E-state index contributed by atoms with van der Waals surface area (Å²) in [4.78, 5) is 22.5. The molecule has 0 rings (SSSR count). The molecule has 0 radical (unpaired) electrons. The first kappa shape index (κ1) is 15.6. The lowest BCUT2D eigenvalue weighted by atomic mass is 10.4. The van der Waals surface area contributed by atoms with Crippen molar-refractivity contribution in [3.8, 4) is 0 Å². The number of ether oxygens (including phenoxy) is 2. The normalized spacial score (nSPS) is 12.3. The van der Waals surface area contributed by atoms with Crippen molar-refractivity contribution >= 4 is 19.5 Å². The van der Waals surface area contributed by atoms with Crippen molar-refractivity contribution in [2.75, 3.05) is 12.8 Å². The van der Waals surface area contributed by atoms with Crippen molar-refractivity contribution in [3.05, 3.63) is 0 Å². The first-order chi connectivity index (χ1) is 7.41. The molecule has 16 heavy (non-hydrogen) atoms. The zero-order valence-corrected chi connectivity index (χ0v) is 11.3. The largest absolute Gasteiger partial charge is 0.631 e. The van der Waals surface area contributed by atoms with Gasteiger partial charge in [-0.05, 0) is 27.7 Å². The summed E-state index contributed by atoms with van der Waals surface area (Å²) < 4.78 is 10.2. The zero-order valence-electron chi connectivity index (χ0n) is 10.4. The van der Waals surface area contributed by atoms with Crippen LogP contribution in [0.1, 0.15) is 34.1 Å². The summed E-state index contributed by atoms with van der Waals surface area (Å²) in [6.07, 6.45) is 0.592. The van der Waals surface area contributed by atoms with Gasteiger partial charge in [-0.1, -0.05) is 0 Å². The Kier molecular flexibility index (Phi) is 8.44. The molecule has 0 bridgehead atoms. The van der Waals surface area contributed by atoms with Gasteiger partial charge in [0.05, 0.1) is 24.6 Å². The van der Waals surface area contributed by atoms with Crippen molar-refractivity contribution in [2.45, 2.75) is 46.3 Å². The third-order valence-electron chi connectivity index (χ3n) is 1.59. The van der Waals surface area contributed by atoms with Gasteiger partial charge in [-0.25, -0.2) is 0 Å². The molecular weight excluding hydrogens is 227 g/mol. The molecule has 94 valence electrons. The molecule has 4 nitrogen and oxygen atoms in total. The van der Waals surface area contributed by atoms with Crippen molar-refractivity contribution < 1.29 is 19.2 Å². The van der Waals surface area contributed by atoms with Gasteiger partial charge in [0.2, 0.25) is 0 Å². The second kappa shape index (κ2) is 8.68. The van der Waals surface area contributed by atoms with Crippen LogP contribution in [0.2, 0.25) is 0 Å². The van der Waals surface area contributed by atoms with E-state index in [0.717, 1.165) is 0 Å². The van der Waals surface area contributed by atoms with E-state index < -0.39 is 7.77 Å². The Hall–Kier alpha value is -0.440. The molecule has 1 unspecified atom stereocenters. The van der Waals surface area contributed by atoms with Crippen LogP contribution in [0, 0.1) is 0 Å². The molecule has 0 spiro atoms. The minimum atomic E-state index is -1.47. The highest BCUT2D eigenvalue weighted by atomic mass is 31.1. The highest BCUT2D eigenvalue weighted by molar-refractivity contribution is 7.50. The minimum Gasteiger partial charge on any atom is -0.631 e. The zero-order chi connectivity index (χ0) is 12.6. The third-order valence-corrected chi connectivity index (χ3v) is 2.80. The second-order valence-corrected chi connectivity index (χ2v) is 5.63. The SMILES string of the molecule is CC(C)OCC[P+]([O-])=CCC(=O)OC(C)C. The van der Waals surface area contributed by atoms with E-state index >= 15 is 0 Å². The van der Waals surface area contributed by atoms with Crippen LogP contribution in [0.15, 0.2) is 0 Å². The number of esters is 1. The summed E-state index contributed by atoms with van der Waals surface area (Å²) in [5, 5.41) is 0. The number of hydrogen-bond donors (Lipinski definition) is 0. The Morgan fingerprint density at radius 1 is 1.31 bits per heavy atom. The van der Waals surface area contributed by atoms with Gasteiger partial charge < -0.3 is 14.4 Å². The number of carbonyl (C=O) groups excluding carboxylic acids is 1. The molecule has 0 amide bonds. The number of hydrogen-bond acceptors (Lipinski definition) is 4. The van der Waals surface area contributed by atoms with Crippen LogP contribution in [0.25, 0.3) is 0 Å². The van der Waals surface area contributed by atoms with E-state index in [4.69, 9.17) is 9.47 Å². The van der Waals surface area contributed by atoms with Crippen LogP contribution < -0.4 is 4.89 Å². The first-order valence-corrected chi connectivity index (χ1v) is 7.01. The monoisotopic (exact) mass is 248 g/mol. The molecule has 0 aliphatic rings. The molecule has 0 fully saturated rings. The van der Waals surface area contributed by atoms with Crippen molar-refractivity contribution in [3.63, 3.8) is 0 Å². The molecule has 0 saturated heterocycles. The van der Waals surface area contributed by atoms with Crippen LogP contribution in [-0.4, -0.2) is 36.7 Å². The van der Waals surface area contributed by atoms with Gasteiger partial charge in [-0.3, -0.25) is 4.79 Å². The van der Waals surface area contributed by atoms with Crippen LogP contribution in [0.4, 0.5) is 0 Å². The average Bonchev–Trinajstić information content (AvgIpc) is 2.13. The van der Waals surface area contributed by atoms with E-state index in [0.29, 0.717) is 12.8 Å². The lowest BCUT2D eigenvalue weighted by Gasteiger charge is -2.06. The summed E-state index contributed by atoms with van der Waals surface area (Å²) in [6.45, 7) is 7.89. The van der Waals surface area contributed by atoms with Gasteiger partial charge in [0, 0.05) is 7.77 Å². The van der Waals surface area contributed by atoms with Crippen LogP contribution in [-0.2, 0) is 14.3 Å². The average molecular weight is 248 g/mol. The summed E-state index contributed by atoms with van der Waals surface area (Å²) >= 11 is 0. The number of rotatable bonds is 7. The van der Waals surface area contributed by atoms with Crippen molar-refractivity contribution in [2.24, 2.45) is 0 Å². The summed E-state index contributed by atoms with van der Waals surface area (Å²) in [5.74, 6) is 1.17. The van der Waals surface area contributed by atoms with Crippen molar-refractivity contribution in [1.29, 1.82) is 0 Å². The molecule has 0 aliphatic heterocycles. The Labute approximate surface area is 98.4 Å². The van der Waals surface area contributed by atoms with Crippen LogP contribution in [0.5, 0.6) is 0 Å². The molecule has 5 heteroatoms. The standard InChI is InChI=1S/C11H21O4P/c1-9(2)14-6-8-16(13)7-5-11(12)15-10(3)4/h7,9-10H,5-6,8H2,1-4H3. The van der Waals surface area contributed by atoms with E-state index in [1.165, 1.54) is 5.80 Å². The predicted molar refractivity (Wildman–Crippen MR) is 64.8 cm³/mol. The fraction of sp³-hybridized carbons (Fsp3) is 0.818. The molecule has 0 aromatic carbocycles. The van der Waals surface area contributed by atoms with Gasteiger partial charge in [0.1, 0.15) is 12.6 Å². The highest BCUT2D eigenvalue weighted by Crippen LogP contribution is 2.10. The minimum absolute atomic E-state index is 0.106. The molecule has 0 saturated carbocycles. The Bertz CT molecular complexity index is 236. The maximum Gasteiger partial charge on any atom is 0.313 e. The molecule has 1 atom stereocenters. The third kappa shape index (κ3) is 10.1. The summed E-state index contributed by atoms with van der Waals surface area (Å²) in [5.41, 5.74) is 0. The van der Waals surface area contributed by atoms with Gasteiger partial charge in [-0.2, -0.15) is 0 Å². The number of carbonyl (C=O) groups is 1. The quantitative estimate of drug-likeness (QED) is 0.503. The first-order valence-electron chi connectivity index (χ1n) is 5.50. The Morgan fingerprint density at radius 3 is 2.44 bits per heavy atom. The molecule has 0 aliphatic carbocycles. The highest BCUT2D eigenvalue weighted by Gasteiger charge is 2.06. The van der Waals surface area contributed by atoms with E-state index in [1.54, 1.807) is 13.8 Å². The maximum absolute atomic E-state index is 11.4. The summed E-state index contributed by atoms with van der Waals surface area (Å²) in [7, 11) is -1.47. The van der Waals surface area contributed by atoms with Crippen LogP contribution in [0.3, 0.4) is 0 Å². The van der Waals surface area contributed by atoms with E-state index in [-0.39, 0.29) is 24.6 Å². The fourth-order valence-corrected chi connectivity index (χ4v) is 1.78. The molecule has 0 heterocycles. The van der Waals surface area contributed by atoms with Gasteiger partial charge >= 0.3 is 5.97 Å². The Balaban J connectivity index is 3.73. The van der Waals surface area contributed by atoms with Gasteiger partial charge in [0.15, 0.2) is 0 Å². The van der Waals surface area contributed by atoms with Gasteiger partial charge in [0.25, 0.3) is 0 Å². The molecule has 0 aromatic heterocycles. The molecular formula is C11H21O4P. The fourth-order valence-electron chi connectivity index (χ4n) is 0.957. The van der Waals surface area contributed by atoms with Crippen molar-refractivity contribution in [1.82, 2.24) is 0 Å². The molecule has 0 aromatic rings. The smallest absolute Gasteiger partial charge is 0.313 e. The lowest BCUT2D eigenvalue weighted by Crippen LogP contribution is -2.12. The summed E-state index contributed by atoms with van der Waals surface area (Å²) in [6, 6.07) is 0. The maximum atomic E-state index is 11.4. The molecule has 0 N–H and O–H groups in total. The van der Waals surface area contributed by atoms with E-state index in [1.807, 2.05) is 13.8 Å². The Morgan fingerprint density at radius 2 is 1.94 bits per heavy atom. The predicted octanol–water partition coefficient (Wildman–Crippen LogP) is 1.31. The van der Waals surface area contributed by atoms with E-state index in [2.05, 4.69) is 0 Å². The second-order valence-electron chi connectivity index (χ2n) is 3.99. The lowest BCUT2D eigenvalue weighted by molar-refractivity contribution is -0.154. The van der Waals surface area contributed by atoms with Crippen LogP contribution >= 0.6 is 7.77 Å².